The molecule has 0 fully saturated rings. The summed E-state index contributed by atoms with van der Waals surface area (Å²) in [6.45, 7) is 4.02. The summed E-state index contributed by atoms with van der Waals surface area (Å²) in [5, 5.41) is 4.59. The maximum absolute atomic E-state index is 11.7. The molecule has 0 saturated heterocycles. The Kier molecular flexibility index (Phi) is 4.90. The van der Waals surface area contributed by atoms with Crippen LogP contribution in [-0.2, 0) is 17.6 Å². The van der Waals surface area contributed by atoms with Crippen LogP contribution in [0.3, 0.4) is 0 Å². The summed E-state index contributed by atoms with van der Waals surface area (Å²) < 4.78 is 5.10. The van der Waals surface area contributed by atoms with Crippen molar-refractivity contribution in [1.82, 2.24) is 10.1 Å². The lowest BCUT2D eigenvalue weighted by Gasteiger charge is -2.00. The van der Waals surface area contributed by atoms with E-state index < -0.39 is 0 Å². The van der Waals surface area contributed by atoms with Crippen LogP contribution in [0.5, 0.6) is 0 Å². The molecule has 106 valence electrons. The van der Waals surface area contributed by atoms with E-state index in [1.54, 1.807) is 0 Å². The zero-order chi connectivity index (χ0) is 14.5. The van der Waals surface area contributed by atoms with Crippen molar-refractivity contribution >= 4 is 17.4 Å². The molecule has 5 heteroatoms. The largest absolute Gasteiger partial charge is 0.339 e. The van der Waals surface area contributed by atoms with Crippen molar-refractivity contribution in [2.45, 2.75) is 33.1 Å². The minimum Gasteiger partial charge on any atom is -0.339 e. The number of hydrogen-bond acceptors (Lipinski definition) is 4. The van der Waals surface area contributed by atoms with Gasteiger partial charge in [-0.2, -0.15) is 4.98 Å². The van der Waals surface area contributed by atoms with Crippen LogP contribution in [0.4, 0.5) is 0 Å². The Balaban J connectivity index is 1.95. The van der Waals surface area contributed by atoms with E-state index in [4.69, 9.17) is 16.1 Å². The predicted molar refractivity (Wildman–Crippen MR) is 76.7 cm³/mol. The van der Waals surface area contributed by atoms with Crippen molar-refractivity contribution in [3.05, 3.63) is 46.6 Å². The van der Waals surface area contributed by atoms with Gasteiger partial charge in [-0.1, -0.05) is 42.7 Å². The molecule has 2 aromatic rings. The summed E-state index contributed by atoms with van der Waals surface area (Å²) in [6.07, 6.45) is 1.32. The van der Waals surface area contributed by atoms with Crippen molar-refractivity contribution < 1.29 is 9.32 Å². The van der Waals surface area contributed by atoms with Gasteiger partial charge >= 0.3 is 0 Å². The van der Waals surface area contributed by atoms with Gasteiger partial charge in [0, 0.05) is 17.9 Å². The average Bonchev–Trinajstić information content (AvgIpc) is 2.78. The van der Waals surface area contributed by atoms with Gasteiger partial charge in [0.2, 0.25) is 5.89 Å². The second kappa shape index (κ2) is 6.66. The van der Waals surface area contributed by atoms with Gasteiger partial charge in [-0.15, -0.1) is 0 Å². The highest BCUT2D eigenvalue weighted by atomic mass is 35.5. The van der Waals surface area contributed by atoms with E-state index in [2.05, 4.69) is 10.1 Å². The summed E-state index contributed by atoms with van der Waals surface area (Å²) in [5.74, 6) is 1.44. The number of halogens is 1. The lowest BCUT2D eigenvalue weighted by Crippen LogP contribution is -2.06. The fourth-order valence-electron chi connectivity index (χ4n) is 1.91. The highest BCUT2D eigenvalue weighted by molar-refractivity contribution is 6.30. The molecule has 0 aliphatic carbocycles. The predicted octanol–water partition coefficient (Wildman–Crippen LogP) is 3.47. The number of benzene rings is 1. The number of carbonyl (C=O) groups excluding carboxylic acids is 1. The molecular formula is C15H17ClN2O2. The lowest BCUT2D eigenvalue weighted by atomic mass is 10.1. The number of ketones is 1. The summed E-state index contributed by atoms with van der Waals surface area (Å²) in [5.41, 5.74) is 1.05. The smallest absolute Gasteiger partial charge is 0.234 e. The fraction of sp³-hybridized carbons (Fsp3) is 0.400. The second-order valence-corrected chi connectivity index (χ2v) is 5.66. The van der Waals surface area contributed by atoms with Crippen LogP contribution in [0.15, 0.2) is 28.8 Å². The van der Waals surface area contributed by atoms with Crippen LogP contribution in [0.1, 0.15) is 37.5 Å². The van der Waals surface area contributed by atoms with Gasteiger partial charge in [-0.3, -0.25) is 4.79 Å². The number of Topliss-reactive ketones (excluding diaryl/α,β-unsaturated/α-hetero) is 1. The molecule has 2 rings (SSSR count). The first-order valence-electron chi connectivity index (χ1n) is 6.60. The quantitative estimate of drug-likeness (QED) is 0.818. The van der Waals surface area contributed by atoms with Crippen molar-refractivity contribution in [3.63, 3.8) is 0 Å². The zero-order valence-corrected chi connectivity index (χ0v) is 12.4. The normalized spacial score (nSPS) is 11.0. The number of nitrogens with zero attached hydrogens (tertiary/aromatic N) is 2. The van der Waals surface area contributed by atoms with Crippen molar-refractivity contribution in [2.75, 3.05) is 0 Å². The van der Waals surface area contributed by atoms with Crippen LogP contribution in [0.2, 0.25) is 5.02 Å². The van der Waals surface area contributed by atoms with E-state index in [0.29, 0.717) is 35.5 Å². The molecule has 0 saturated carbocycles. The van der Waals surface area contributed by atoms with Crippen molar-refractivity contribution in [3.8, 4) is 0 Å². The van der Waals surface area contributed by atoms with E-state index in [1.807, 2.05) is 38.1 Å². The molecule has 0 aliphatic heterocycles. The summed E-state index contributed by atoms with van der Waals surface area (Å²) in [7, 11) is 0. The number of aromatic nitrogens is 2. The van der Waals surface area contributed by atoms with Crippen molar-refractivity contribution in [1.29, 1.82) is 0 Å². The molecule has 0 unspecified atom stereocenters. The molecular weight excluding hydrogens is 276 g/mol. The Hall–Kier alpha value is -1.68. The second-order valence-electron chi connectivity index (χ2n) is 5.22. The Labute approximate surface area is 123 Å². The fourth-order valence-corrected chi connectivity index (χ4v) is 2.04. The Morgan fingerprint density at radius 2 is 2.00 bits per heavy atom. The molecule has 0 spiro atoms. The first-order chi connectivity index (χ1) is 9.52. The molecule has 0 amide bonds. The molecule has 0 atom stereocenters. The summed E-state index contributed by atoms with van der Waals surface area (Å²) in [4.78, 5) is 15.9. The van der Waals surface area contributed by atoms with E-state index >= 15 is 0 Å². The molecule has 0 aliphatic rings. The van der Waals surface area contributed by atoms with Gasteiger partial charge in [0.05, 0.1) is 6.42 Å². The van der Waals surface area contributed by atoms with E-state index in [1.165, 1.54) is 0 Å². The Morgan fingerprint density at radius 1 is 1.30 bits per heavy atom. The lowest BCUT2D eigenvalue weighted by molar-refractivity contribution is -0.119. The van der Waals surface area contributed by atoms with E-state index in [-0.39, 0.29) is 12.2 Å². The monoisotopic (exact) mass is 292 g/mol. The summed E-state index contributed by atoms with van der Waals surface area (Å²) >= 11 is 5.83. The summed E-state index contributed by atoms with van der Waals surface area (Å²) in [6, 6.07) is 7.48. The number of carbonyl (C=O) groups is 1. The average molecular weight is 293 g/mol. The first kappa shape index (κ1) is 14.7. The Bertz CT molecular complexity index is 576. The van der Waals surface area contributed by atoms with Crippen LogP contribution in [-0.4, -0.2) is 15.9 Å². The van der Waals surface area contributed by atoms with Gasteiger partial charge in [0.25, 0.3) is 0 Å². The third kappa shape index (κ3) is 4.46. The highest BCUT2D eigenvalue weighted by Gasteiger charge is 2.12. The van der Waals surface area contributed by atoms with Crippen LogP contribution < -0.4 is 0 Å². The standard InChI is InChI=1S/C15H17ClN2O2/c1-10(2)7-13(19)9-15-17-14(18-20-15)8-11-3-5-12(16)6-4-11/h3-6,10H,7-9H2,1-2H3. The zero-order valence-electron chi connectivity index (χ0n) is 11.6. The molecule has 0 N–H and O–H groups in total. The molecule has 1 aromatic carbocycles. The topological polar surface area (TPSA) is 56.0 Å². The Morgan fingerprint density at radius 3 is 2.65 bits per heavy atom. The number of hydrogen-bond donors (Lipinski definition) is 0. The van der Waals surface area contributed by atoms with E-state index in [9.17, 15) is 4.79 Å². The van der Waals surface area contributed by atoms with Crippen molar-refractivity contribution in [2.24, 2.45) is 5.92 Å². The maximum atomic E-state index is 11.7. The van der Waals surface area contributed by atoms with Crippen LogP contribution in [0.25, 0.3) is 0 Å². The molecule has 20 heavy (non-hydrogen) atoms. The first-order valence-corrected chi connectivity index (χ1v) is 6.98. The molecule has 0 radical (unpaired) electrons. The van der Waals surface area contributed by atoms with E-state index in [0.717, 1.165) is 5.56 Å². The molecule has 0 bridgehead atoms. The third-order valence-electron chi connectivity index (χ3n) is 2.77. The molecule has 1 heterocycles. The minimum absolute atomic E-state index is 0.127. The van der Waals surface area contributed by atoms with Gasteiger partial charge in [0.1, 0.15) is 5.78 Å². The highest BCUT2D eigenvalue weighted by Crippen LogP contribution is 2.13. The number of rotatable bonds is 6. The van der Waals surface area contributed by atoms with Gasteiger partial charge < -0.3 is 4.52 Å². The van der Waals surface area contributed by atoms with Crippen LogP contribution in [0, 0.1) is 5.92 Å². The van der Waals surface area contributed by atoms with Gasteiger partial charge in [0.15, 0.2) is 5.82 Å². The molecule has 1 aromatic heterocycles. The molecule has 4 nitrogen and oxygen atoms in total. The SMILES string of the molecule is CC(C)CC(=O)Cc1nc(Cc2ccc(Cl)cc2)no1. The minimum atomic E-state index is 0.127. The third-order valence-corrected chi connectivity index (χ3v) is 3.02. The van der Waals surface area contributed by atoms with Gasteiger partial charge in [-0.05, 0) is 23.6 Å². The van der Waals surface area contributed by atoms with Crippen LogP contribution >= 0.6 is 11.6 Å². The maximum Gasteiger partial charge on any atom is 0.234 e. The van der Waals surface area contributed by atoms with Gasteiger partial charge in [-0.25, -0.2) is 0 Å².